The van der Waals surface area contributed by atoms with Gasteiger partial charge in [-0.2, -0.15) is 0 Å². The first kappa shape index (κ1) is 11.0. The summed E-state index contributed by atoms with van der Waals surface area (Å²) in [6.07, 6.45) is 0.716. The Balaban J connectivity index is 1.94. The maximum atomic E-state index is 10.8. The van der Waals surface area contributed by atoms with Crippen LogP contribution in [0.4, 0.5) is 0 Å². The molecule has 0 radical (unpaired) electrons. The number of carboxylic acid groups (broad SMARTS) is 1. The minimum absolute atomic E-state index is 0.239. The van der Waals surface area contributed by atoms with Gasteiger partial charge in [0.2, 0.25) is 0 Å². The molecule has 16 heavy (non-hydrogen) atoms. The maximum Gasteiger partial charge on any atom is 0.307 e. The van der Waals surface area contributed by atoms with E-state index in [1.165, 1.54) is 0 Å². The van der Waals surface area contributed by atoms with Crippen LogP contribution in [0.2, 0.25) is 0 Å². The van der Waals surface area contributed by atoms with Crippen molar-refractivity contribution in [1.29, 1.82) is 0 Å². The zero-order valence-corrected chi connectivity index (χ0v) is 8.97. The van der Waals surface area contributed by atoms with E-state index in [9.17, 15) is 9.90 Å². The molecule has 1 aromatic carbocycles. The van der Waals surface area contributed by atoms with Crippen molar-refractivity contribution in [3.63, 3.8) is 0 Å². The van der Waals surface area contributed by atoms with Crippen molar-refractivity contribution in [2.75, 3.05) is 13.1 Å². The molecule has 0 spiro atoms. The van der Waals surface area contributed by atoms with E-state index < -0.39 is 5.97 Å². The van der Waals surface area contributed by atoms with Crippen LogP contribution in [-0.2, 0) is 11.3 Å². The summed E-state index contributed by atoms with van der Waals surface area (Å²) in [5.74, 6) is -0.692. The molecule has 0 saturated carbocycles. The van der Waals surface area contributed by atoms with Gasteiger partial charge in [0, 0.05) is 13.1 Å². The molecule has 0 aliphatic carbocycles. The standard InChI is InChI=1S/C12H15NO3/c14-11-3-1-2-9(6-11)7-13-5-4-10(8-13)12(15)16/h1-3,6,10,14H,4-5,7-8H2,(H,15,16). The highest BCUT2D eigenvalue weighted by molar-refractivity contribution is 5.70. The first-order valence-electron chi connectivity index (χ1n) is 5.38. The molecule has 1 fully saturated rings. The average Bonchev–Trinajstić information content (AvgIpc) is 2.66. The molecule has 2 rings (SSSR count). The summed E-state index contributed by atoms with van der Waals surface area (Å²) >= 11 is 0. The number of carbonyl (C=O) groups is 1. The molecule has 1 saturated heterocycles. The number of phenols is 1. The molecule has 1 aromatic rings. The van der Waals surface area contributed by atoms with E-state index in [0.717, 1.165) is 12.1 Å². The fourth-order valence-corrected chi connectivity index (χ4v) is 2.09. The van der Waals surface area contributed by atoms with Crippen LogP contribution < -0.4 is 0 Å². The van der Waals surface area contributed by atoms with Crippen LogP contribution in [0, 0.1) is 5.92 Å². The van der Waals surface area contributed by atoms with Gasteiger partial charge in [-0.3, -0.25) is 9.69 Å². The molecule has 1 atom stereocenters. The lowest BCUT2D eigenvalue weighted by Gasteiger charge is -2.15. The van der Waals surface area contributed by atoms with Gasteiger partial charge in [-0.25, -0.2) is 0 Å². The van der Waals surface area contributed by atoms with Gasteiger partial charge in [0.25, 0.3) is 0 Å². The second-order valence-electron chi connectivity index (χ2n) is 4.23. The molecule has 1 unspecified atom stereocenters. The summed E-state index contributed by atoms with van der Waals surface area (Å²) in [7, 11) is 0. The van der Waals surface area contributed by atoms with E-state index in [1.807, 2.05) is 6.07 Å². The number of carboxylic acids is 1. The second-order valence-corrected chi connectivity index (χ2v) is 4.23. The van der Waals surface area contributed by atoms with Crippen LogP contribution in [0.15, 0.2) is 24.3 Å². The quantitative estimate of drug-likeness (QED) is 0.807. The highest BCUT2D eigenvalue weighted by Crippen LogP contribution is 2.20. The van der Waals surface area contributed by atoms with Crippen molar-refractivity contribution in [2.24, 2.45) is 5.92 Å². The number of benzene rings is 1. The van der Waals surface area contributed by atoms with Crippen molar-refractivity contribution in [1.82, 2.24) is 4.90 Å². The highest BCUT2D eigenvalue weighted by Gasteiger charge is 2.27. The number of phenolic OH excluding ortho intramolecular Hbond substituents is 1. The second kappa shape index (κ2) is 4.53. The fraction of sp³-hybridized carbons (Fsp3) is 0.417. The van der Waals surface area contributed by atoms with Gasteiger partial charge >= 0.3 is 5.97 Å². The van der Waals surface area contributed by atoms with Crippen LogP contribution in [-0.4, -0.2) is 34.2 Å². The molecule has 0 aromatic heterocycles. The molecular weight excluding hydrogens is 206 g/mol. The summed E-state index contributed by atoms with van der Waals surface area (Å²) in [5, 5.41) is 18.2. The molecule has 86 valence electrons. The lowest BCUT2D eigenvalue weighted by Crippen LogP contribution is -2.22. The third-order valence-corrected chi connectivity index (χ3v) is 2.94. The Bertz CT molecular complexity index is 392. The van der Waals surface area contributed by atoms with Crippen LogP contribution in [0.1, 0.15) is 12.0 Å². The van der Waals surface area contributed by atoms with Crippen LogP contribution in [0.5, 0.6) is 5.75 Å². The fourth-order valence-electron chi connectivity index (χ4n) is 2.09. The number of hydrogen-bond donors (Lipinski definition) is 2. The van der Waals surface area contributed by atoms with Crippen LogP contribution in [0.25, 0.3) is 0 Å². The van der Waals surface area contributed by atoms with E-state index in [4.69, 9.17) is 5.11 Å². The van der Waals surface area contributed by atoms with Crippen molar-refractivity contribution in [2.45, 2.75) is 13.0 Å². The van der Waals surface area contributed by atoms with E-state index in [2.05, 4.69) is 4.90 Å². The first-order valence-corrected chi connectivity index (χ1v) is 5.38. The number of likely N-dealkylation sites (tertiary alicyclic amines) is 1. The lowest BCUT2D eigenvalue weighted by molar-refractivity contribution is -0.141. The van der Waals surface area contributed by atoms with Crippen LogP contribution in [0.3, 0.4) is 0 Å². The Morgan fingerprint density at radius 1 is 1.50 bits per heavy atom. The van der Waals surface area contributed by atoms with Crippen molar-refractivity contribution >= 4 is 5.97 Å². The Hall–Kier alpha value is -1.55. The lowest BCUT2D eigenvalue weighted by atomic mass is 10.1. The smallest absolute Gasteiger partial charge is 0.307 e. The predicted molar refractivity (Wildman–Crippen MR) is 59.1 cm³/mol. The monoisotopic (exact) mass is 221 g/mol. The number of aliphatic carboxylic acids is 1. The number of nitrogens with zero attached hydrogens (tertiary/aromatic N) is 1. The topological polar surface area (TPSA) is 60.8 Å². The predicted octanol–water partition coefficient (Wildman–Crippen LogP) is 1.30. The number of hydrogen-bond acceptors (Lipinski definition) is 3. The van der Waals surface area contributed by atoms with E-state index in [1.54, 1.807) is 18.2 Å². The Labute approximate surface area is 94.1 Å². The molecule has 1 aliphatic heterocycles. The average molecular weight is 221 g/mol. The van der Waals surface area contributed by atoms with Crippen molar-refractivity contribution in [3.8, 4) is 5.75 Å². The van der Waals surface area contributed by atoms with Gasteiger partial charge < -0.3 is 10.2 Å². The molecule has 2 N–H and O–H groups in total. The minimum Gasteiger partial charge on any atom is -0.508 e. The van der Waals surface area contributed by atoms with E-state index in [0.29, 0.717) is 19.5 Å². The molecule has 0 amide bonds. The van der Waals surface area contributed by atoms with E-state index >= 15 is 0 Å². The third kappa shape index (κ3) is 2.52. The third-order valence-electron chi connectivity index (χ3n) is 2.94. The molecule has 4 heteroatoms. The normalized spacial score (nSPS) is 21.1. The maximum absolute atomic E-state index is 10.8. The summed E-state index contributed by atoms with van der Waals surface area (Å²) < 4.78 is 0. The Morgan fingerprint density at radius 2 is 2.31 bits per heavy atom. The molecular formula is C12H15NO3. The summed E-state index contributed by atoms with van der Waals surface area (Å²) in [6.45, 7) is 2.12. The summed E-state index contributed by atoms with van der Waals surface area (Å²) in [6, 6.07) is 7.09. The Kier molecular flexibility index (Phi) is 3.10. The largest absolute Gasteiger partial charge is 0.508 e. The zero-order chi connectivity index (χ0) is 11.5. The first-order chi connectivity index (χ1) is 7.65. The van der Waals surface area contributed by atoms with E-state index in [-0.39, 0.29) is 11.7 Å². The zero-order valence-electron chi connectivity index (χ0n) is 8.97. The number of aromatic hydroxyl groups is 1. The van der Waals surface area contributed by atoms with Crippen molar-refractivity contribution < 1.29 is 15.0 Å². The van der Waals surface area contributed by atoms with Gasteiger partial charge in [-0.1, -0.05) is 12.1 Å². The molecule has 1 heterocycles. The van der Waals surface area contributed by atoms with Gasteiger partial charge in [0.15, 0.2) is 0 Å². The summed E-state index contributed by atoms with van der Waals surface area (Å²) in [5.41, 5.74) is 1.02. The van der Waals surface area contributed by atoms with Crippen LogP contribution >= 0.6 is 0 Å². The molecule has 1 aliphatic rings. The SMILES string of the molecule is O=C(O)C1CCN(Cc2cccc(O)c2)C1. The van der Waals surface area contributed by atoms with Gasteiger partial charge in [-0.15, -0.1) is 0 Å². The van der Waals surface area contributed by atoms with Gasteiger partial charge in [0.1, 0.15) is 5.75 Å². The number of rotatable bonds is 3. The summed E-state index contributed by atoms with van der Waals surface area (Å²) in [4.78, 5) is 12.9. The van der Waals surface area contributed by atoms with Gasteiger partial charge in [-0.05, 0) is 30.7 Å². The molecule has 0 bridgehead atoms. The minimum atomic E-state index is -0.710. The highest BCUT2D eigenvalue weighted by atomic mass is 16.4. The van der Waals surface area contributed by atoms with Crippen molar-refractivity contribution in [3.05, 3.63) is 29.8 Å². The van der Waals surface area contributed by atoms with Gasteiger partial charge in [0.05, 0.1) is 5.92 Å². The molecule has 4 nitrogen and oxygen atoms in total. The Morgan fingerprint density at radius 3 is 2.94 bits per heavy atom.